The first-order valence-electron chi connectivity index (χ1n) is 9.45. The molecule has 1 aliphatic carbocycles. The predicted octanol–water partition coefficient (Wildman–Crippen LogP) is 3.18. The van der Waals surface area contributed by atoms with Gasteiger partial charge in [0.15, 0.2) is 0 Å². The van der Waals surface area contributed by atoms with Crippen LogP contribution in [0.1, 0.15) is 32.1 Å². The first-order chi connectivity index (χ1) is 13.2. The highest BCUT2D eigenvalue weighted by Crippen LogP contribution is 2.41. The molecule has 5 rings (SSSR count). The second kappa shape index (κ2) is 6.42. The molecule has 0 radical (unpaired) electrons. The van der Waals surface area contributed by atoms with Crippen molar-refractivity contribution < 1.29 is 4.74 Å². The number of nitrogens with two attached hydrogens (primary N) is 1. The minimum absolute atomic E-state index is 0.164. The highest BCUT2D eigenvalue weighted by atomic mass is 16.5. The Bertz CT molecular complexity index is 963. The Morgan fingerprint density at radius 1 is 1.07 bits per heavy atom. The maximum atomic E-state index is 6.05. The third-order valence-corrected chi connectivity index (χ3v) is 5.84. The number of hydrogen-bond acceptors (Lipinski definition) is 7. The SMILES string of the molecule is Nc1ncc(-c2ccncc2)c2nc(N[C@H]3CC[C@@]4(CCO4)CC3)ncc12. The second-order valence-electron chi connectivity index (χ2n) is 7.45. The molecule has 1 aliphatic heterocycles. The molecule has 0 aromatic carbocycles. The van der Waals surface area contributed by atoms with Crippen molar-refractivity contribution in [2.75, 3.05) is 17.7 Å². The molecule has 1 saturated heterocycles. The number of nitrogens with zero attached hydrogens (tertiary/aromatic N) is 4. The van der Waals surface area contributed by atoms with Crippen LogP contribution in [0, 0.1) is 0 Å². The van der Waals surface area contributed by atoms with Crippen molar-refractivity contribution in [3.8, 4) is 11.1 Å². The van der Waals surface area contributed by atoms with Crippen molar-refractivity contribution >= 4 is 22.7 Å². The van der Waals surface area contributed by atoms with Crippen molar-refractivity contribution in [2.24, 2.45) is 0 Å². The summed E-state index contributed by atoms with van der Waals surface area (Å²) < 4.78 is 5.81. The second-order valence-corrected chi connectivity index (χ2v) is 7.45. The number of rotatable bonds is 3. The number of fused-ring (bicyclic) bond motifs is 1. The summed E-state index contributed by atoms with van der Waals surface area (Å²) in [7, 11) is 0. The normalized spacial score (nSPS) is 24.7. The van der Waals surface area contributed by atoms with E-state index < -0.39 is 0 Å². The van der Waals surface area contributed by atoms with Crippen molar-refractivity contribution in [1.82, 2.24) is 19.9 Å². The zero-order valence-corrected chi connectivity index (χ0v) is 15.1. The van der Waals surface area contributed by atoms with E-state index in [9.17, 15) is 0 Å². The summed E-state index contributed by atoms with van der Waals surface area (Å²) in [5, 5.41) is 4.27. The van der Waals surface area contributed by atoms with Crippen LogP contribution >= 0.6 is 0 Å². The fourth-order valence-electron chi connectivity index (χ4n) is 4.11. The van der Waals surface area contributed by atoms with Crippen molar-refractivity contribution in [1.29, 1.82) is 0 Å². The molecule has 3 aromatic heterocycles. The lowest BCUT2D eigenvalue weighted by atomic mass is 9.77. The Morgan fingerprint density at radius 2 is 1.85 bits per heavy atom. The molecular weight excluding hydrogens is 340 g/mol. The number of hydrogen-bond donors (Lipinski definition) is 2. The van der Waals surface area contributed by atoms with Crippen LogP contribution in [0.5, 0.6) is 0 Å². The summed E-state index contributed by atoms with van der Waals surface area (Å²) in [6.07, 6.45) is 12.6. The molecule has 3 aromatic rings. The lowest BCUT2D eigenvalue weighted by molar-refractivity contribution is -0.165. The molecule has 27 heavy (non-hydrogen) atoms. The van der Waals surface area contributed by atoms with E-state index in [2.05, 4.69) is 20.3 Å². The average Bonchev–Trinajstić information content (AvgIpc) is 2.68. The van der Waals surface area contributed by atoms with Crippen LogP contribution in [0.4, 0.5) is 11.8 Å². The molecule has 2 aliphatic rings. The van der Waals surface area contributed by atoms with Crippen LogP contribution in [-0.4, -0.2) is 38.2 Å². The highest BCUT2D eigenvalue weighted by Gasteiger charge is 2.41. The Kier molecular flexibility index (Phi) is 3.89. The Morgan fingerprint density at radius 3 is 2.56 bits per heavy atom. The van der Waals surface area contributed by atoms with Gasteiger partial charge in [0.2, 0.25) is 5.95 Å². The third kappa shape index (κ3) is 2.98. The first kappa shape index (κ1) is 16.4. The van der Waals surface area contributed by atoms with Gasteiger partial charge in [-0.2, -0.15) is 0 Å². The molecule has 0 bridgehead atoms. The molecule has 7 nitrogen and oxygen atoms in total. The van der Waals surface area contributed by atoms with Gasteiger partial charge in [0, 0.05) is 36.4 Å². The van der Waals surface area contributed by atoms with Gasteiger partial charge in [0.05, 0.1) is 23.1 Å². The van der Waals surface area contributed by atoms with E-state index in [1.807, 2.05) is 12.1 Å². The molecule has 4 heterocycles. The number of nitrogen functional groups attached to an aromatic ring is 1. The molecule has 7 heteroatoms. The molecule has 2 fully saturated rings. The van der Waals surface area contributed by atoms with Gasteiger partial charge in [-0.3, -0.25) is 4.98 Å². The Labute approximate surface area is 157 Å². The number of nitrogens with one attached hydrogen (secondary N) is 1. The summed E-state index contributed by atoms with van der Waals surface area (Å²) >= 11 is 0. The van der Waals surface area contributed by atoms with Crippen molar-refractivity contribution in [3.05, 3.63) is 36.9 Å². The molecular formula is C20H22N6O. The van der Waals surface area contributed by atoms with Crippen LogP contribution < -0.4 is 11.1 Å². The minimum atomic E-state index is 0.164. The Balaban J connectivity index is 1.44. The van der Waals surface area contributed by atoms with E-state index >= 15 is 0 Å². The smallest absolute Gasteiger partial charge is 0.223 e. The summed E-state index contributed by atoms with van der Waals surface area (Å²) in [5.74, 6) is 1.08. The molecule has 0 unspecified atom stereocenters. The lowest BCUT2D eigenvalue weighted by Crippen LogP contribution is -2.48. The van der Waals surface area contributed by atoms with E-state index in [-0.39, 0.29) is 5.60 Å². The quantitative estimate of drug-likeness (QED) is 0.738. The van der Waals surface area contributed by atoms with Gasteiger partial charge in [-0.05, 0) is 49.8 Å². The largest absolute Gasteiger partial charge is 0.383 e. The topological polar surface area (TPSA) is 98.8 Å². The summed E-state index contributed by atoms with van der Waals surface area (Å²) in [6, 6.07) is 4.27. The van der Waals surface area contributed by atoms with Gasteiger partial charge in [-0.25, -0.2) is 15.0 Å². The van der Waals surface area contributed by atoms with Crippen LogP contribution in [-0.2, 0) is 4.74 Å². The fourth-order valence-corrected chi connectivity index (χ4v) is 4.11. The van der Waals surface area contributed by atoms with Crippen LogP contribution in [0.15, 0.2) is 36.9 Å². The molecule has 1 spiro atoms. The molecule has 0 atom stereocenters. The van der Waals surface area contributed by atoms with Crippen molar-refractivity contribution in [3.63, 3.8) is 0 Å². The predicted molar refractivity (Wildman–Crippen MR) is 104 cm³/mol. The van der Waals surface area contributed by atoms with E-state index in [1.54, 1.807) is 24.8 Å². The number of pyridine rings is 2. The minimum Gasteiger partial charge on any atom is -0.383 e. The summed E-state index contributed by atoms with van der Waals surface area (Å²) in [5.41, 5.74) is 8.96. The lowest BCUT2D eigenvalue weighted by Gasteiger charge is -2.46. The molecule has 3 N–H and O–H groups in total. The van der Waals surface area contributed by atoms with E-state index in [1.165, 1.54) is 6.42 Å². The first-order valence-corrected chi connectivity index (χ1v) is 9.45. The molecule has 0 amide bonds. The third-order valence-electron chi connectivity index (χ3n) is 5.84. The van der Waals surface area contributed by atoms with Crippen LogP contribution in [0.3, 0.4) is 0 Å². The monoisotopic (exact) mass is 362 g/mol. The maximum Gasteiger partial charge on any atom is 0.223 e. The van der Waals surface area contributed by atoms with Gasteiger partial charge < -0.3 is 15.8 Å². The van der Waals surface area contributed by atoms with Crippen LogP contribution in [0.2, 0.25) is 0 Å². The molecule has 1 saturated carbocycles. The van der Waals surface area contributed by atoms with Gasteiger partial charge >= 0.3 is 0 Å². The standard InChI is InChI=1S/C20H22N6O/c21-18-16-12-24-19(25-14-1-5-20(6-2-14)7-10-27-20)26-17(16)15(11-23-18)13-3-8-22-9-4-13/h3-4,8-9,11-12,14H,1-2,5-7,10H2,(H2,21,23)(H,24,25,26)/t14-,20-. The highest BCUT2D eigenvalue weighted by molar-refractivity contribution is 5.98. The zero-order chi connectivity index (χ0) is 18.3. The fraction of sp³-hybridized carbons (Fsp3) is 0.400. The van der Waals surface area contributed by atoms with Crippen molar-refractivity contribution in [2.45, 2.75) is 43.7 Å². The maximum absolute atomic E-state index is 6.05. The summed E-state index contributed by atoms with van der Waals surface area (Å²) in [4.78, 5) is 17.7. The van der Waals surface area contributed by atoms with E-state index in [0.29, 0.717) is 17.8 Å². The van der Waals surface area contributed by atoms with Gasteiger partial charge in [-0.1, -0.05) is 0 Å². The van der Waals surface area contributed by atoms with Gasteiger partial charge in [0.25, 0.3) is 0 Å². The van der Waals surface area contributed by atoms with Gasteiger partial charge in [0.1, 0.15) is 5.82 Å². The Hall–Kier alpha value is -2.80. The summed E-state index contributed by atoms with van der Waals surface area (Å²) in [6.45, 7) is 0.916. The molecule has 138 valence electrons. The van der Waals surface area contributed by atoms with Crippen LogP contribution in [0.25, 0.3) is 22.0 Å². The zero-order valence-electron chi connectivity index (χ0n) is 15.1. The van der Waals surface area contributed by atoms with E-state index in [4.69, 9.17) is 15.5 Å². The van der Waals surface area contributed by atoms with Gasteiger partial charge in [-0.15, -0.1) is 0 Å². The number of aromatic nitrogens is 4. The number of anilines is 2. The average molecular weight is 362 g/mol. The van der Waals surface area contributed by atoms with E-state index in [0.717, 1.165) is 54.3 Å². The number of ether oxygens (including phenoxy) is 1.